The van der Waals surface area contributed by atoms with Crippen LogP contribution in [0.5, 0.6) is 0 Å². The van der Waals surface area contributed by atoms with Crippen molar-refractivity contribution >= 4 is 28.3 Å². The van der Waals surface area contributed by atoms with Gasteiger partial charge in [0.05, 0.1) is 18.4 Å². The summed E-state index contributed by atoms with van der Waals surface area (Å²) in [7, 11) is 3.94. The van der Waals surface area contributed by atoms with Crippen molar-refractivity contribution in [3.05, 3.63) is 10.6 Å². The zero-order chi connectivity index (χ0) is 26.2. The SMILES string of the molecule is CN(C)CCNC(=O)CC1c2nc(NC(=O)CC(C)(C)C)sc2CC2C(C)(CO)C(O)CCC12C. The highest BCUT2D eigenvalue weighted by Crippen LogP contribution is 2.62. The fourth-order valence-electron chi connectivity index (χ4n) is 6.02. The van der Waals surface area contributed by atoms with E-state index in [2.05, 4.69) is 17.6 Å². The summed E-state index contributed by atoms with van der Waals surface area (Å²) in [4.78, 5) is 33.6. The second-order valence-corrected chi connectivity index (χ2v) is 13.6. The first kappa shape index (κ1) is 28.0. The molecule has 1 aromatic heterocycles. The molecule has 0 aromatic carbocycles. The van der Waals surface area contributed by atoms with Crippen LogP contribution in [0.15, 0.2) is 0 Å². The van der Waals surface area contributed by atoms with Crippen molar-refractivity contribution in [3.63, 3.8) is 0 Å². The van der Waals surface area contributed by atoms with E-state index in [-0.39, 0.29) is 41.1 Å². The summed E-state index contributed by atoms with van der Waals surface area (Å²) in [5.41, 5.74) is -0.206. The van der Waals surface area contributed by atoms with Gasteiger partial charge in [0.25, 0.3) is 0 Å². The maximum atomic E-state index is 13.0. The zero-order valence-electron chi connectivity index (χ0n) is 22.4. The normalized spacial score (nSPS) is 30.5. The van der Waals surface area contributed by atoms with E-state index >= 15 is 0 Å². The fraction of sp³-hybridized carbons (Fsp3) is 0.808. The monoisotopic (exact) mass is 508 g/mol. The van der Waals surface area contributed by atoms with Crippen molar-refractivity contribution in [3.8, 4) is 0 Å². The van der Waals surface area contributed by atoms with Crippen LogP contribution in [0.3, 0.4) is 0 Å². The first-order valence-electron chi connectivity index (χ1n) is 12.7. The average molecular weight is 509 g/mol. The Hall–Kier alpha value is -1.55. The van der Waals surface area contributed by atoms with Crippen molar-refractivity contribution in [2.75, 3.05) is 39.1 Å². The van der Waals surface area contributed by atoms with Gasteiger partial charge in [0, 0.05) is 42.1 Å². The van der Waals surface area contributed by atoms with Crippen molar-refractivity contribution in [2.45, 2.75) is 78.7 Å². The Labute approximate surface area is 213 Å². The molecule has 9 heteroatoms. The highest BCUT2D eigenvalue weighted by atomic mass is 32.1. The lowest BCUT2D eigenvalue weighted by Crippen LogP contribution is -2.57. The third kappa shape index (κ3) is 6.06. The number of hydrogen-bond acceptors (Lipinski definition) is 7. The maximum Gasteiger partial charge on any atom is 0.226 e. The number of nitrogens with zero attached hydrogens (tertiary/aromatic N) is 2. The van der Waals surface area contributed by atoms with E-state index < -0.39 is 11.5 Å². The van der Waals surface area contributed by atoms with E-state index in [0.717, 1.165) is 23.5 Å². The number of aromatic nitrogens is 1. The van der Waals surface area contributed by atoms with Crippen molar-refractivity contribution < 1.29 is 19.8 Å². The Kier molecular flexibility index (Phi) is 8.36. The topological polar surface area (TPSA) is 115 Å². The van der Waals surface area contributed by atoms with Crippen LogP contribution in [0.1, 0.15) is 76.8 Å². The van der Waals surface area contributed by atoms with Crippen molar-refractivity contribution in [2.24, 2.45) is 22.2 Å². The molecule has 0 radical (unpaired) electrons. The van der Waals surface area contributed by atoms with Crippen molar-refractivity contribution in [1.29, 1.82) is 0 Å². The summed E-state index contributed by atoms with van der Waals surface area (Å²) in [5.74, 6) is -0.249. The minimum absolute atomic E-state index is 0.00518. The molecule has 5 atom stereocenters. The number of rotatable bonds is 8. The first-order chi connectivity index (χ1) is 16.2. The Morgan fingerprint density at radius 2 is 1.91 bits per heavy atom. The van der Waals surface area contributed by atoms with Gasteiger partial charge in [0.15, 0.2) is 5.13 Å². The third-order valence-electron chi connectivity index (χ3n) is 8.10. The zero-order valence-corrected chi connectivity index (χ0v) is 23.2. The molecule has 35 heavy (non-hydrogen) atoms. The molecule has 5 unspecified atom stereocenters. The largest absolute Gasteiger partial charge is 0.396 e. The number of thiazole rings is 1. The van der Waals surface area contributed by atoms with Crippen LogP contribution < -0.4 is 10.6 Å². The van der Waals surface area contributed by atoms with E-state index in [1.54, 1.807) is 0 Å². The van der Waals surface area contributed by atoms with Gasteiger partial charge in [-0.25, -0.2) is 4.98 Å². The van der Waals surface area contributed by atoms with Gasteiger partial charge in [-0.2, -0.15) is 0 Å². The lowest BCUT2D eigenvalue weighted by Gasteiger charge is -2.58. The average Bonchev–Trinajstić information content (AvgIpc) is 3.12. The van der Waals surface area contributed by atoms with Crippen LogP contribution in [-0.4, -0.2) is 71.8 Å². The molecular formula is C26H44N4O4S. The van der Waals surface area contributed by atoms with Gasteiger partial charge in [0.1, 0.15) is 0 Å². The van der Waals surface area contributed by atoms with Crippen LogP contribution in [0.25, 0.3) is 0 Å². The summed E-state index contributed by atoms with van der Waals surface area (Å²) >= 11 is 1.46. The first-order valence-corrected chi connectivity index (χ1v) is 13.5. The van der Waals surface area contributed by atoms with E-state index in [4.69, 9.17) is 4.98 Å². The number of aliphatic hydroxyl groups excluding tert-OH is 2. The fourth-order valence-corrected chi connectivity index (χ4v) is 7.11. The lowest BCUT2D eigenvalue weighted by atomic mass is 9.47. The molecule has 2 aliphatic rings. The number of anilines is 1. The molecule has 198 valence electrons. The van der Waals surface area contributed by atoms with Crippen molar-refractivity contribution in [1.82, 2.24) is 15.2 Å². The minimum atomic E-state index is -0.663. The van der Waals surface area contributed by atoms with Crippen LogP contribution in [-0.2, 0) is 16.0 Å². The third-order valence-corrected chi connectivity index (χ3v) is 9.11. The van der Waals surface area contributed by atoms with Gasteiger partial charge in [-0.05, 0) is 50.1 Å². The molecule has 0 saturated heterocycles. The molecule has 0 aliphatic heterocycles. The van der Waals surface area contributed by atoms with Gasteiger partial charge >= 0.3 is 0 Å². The van der Waals surface area contributed by atoms with E-state index in [1.807, 2.05) is 46.7 Å². The summed E-state index contributed by atoms with van der Waals surface area (Å²) in [5, 5.41) is 27.8. The smallest absolute Gasteiger partial charge is 0.226 e. The van der Waals surface area contributed by atoms with Gasteiger partial charge in [-0.15, -0.1) is 11.3 Å². The number of carbonyl (C=O) groups is 2. The Morgan fingerprint density at radius 3 is 2.51 bits per heavy atom. The summed E-state index contributed by atoms with van der Waals surface area (Å²) in [6.45, 7) is 11.5. The van der Waals surface area contributed by atoms with Gasteiger partial charge in [-0.3, -0.25) is 9.59 Å². The molecule has 8 nitrogen and oxygen atoms in total. The quantitative estimate of drug-likeness (QED) is 0.429. The summed E-state index contributed by atoms with van der Waals surface area (Å²) in [6, 6.07) is 0. The summed E-state index contributed by atoms with van der Waals surface area (Å²) < 4.78 is 0. The van der Waals surface area contributed by atoms with Crippen LogP contribution in [0, 0.1) is 22.2 Å². The van der Waals surface area contributed by atoms with E-state index in [9.17, 15) is 19.8 Å². The van der Waals surface area contributed by atoms with Crippen LogP contribution >= 0.6 is 11.3 Å². The second-order valence-electron chi connectivity index (χ2n) is 12.5. The number of amides is 2. The highest BCUT2D eigenvalue weighted by Gasteiger charge is 2.59. The standard InChI is InChI=1S/C26H44N4O4S/c1-24(2,3)14-21(34)28-23-29-22-16(12-20(33)27-10-11-30(6)7)25(4)9-8-19(32)26(5,15-31)18(25)13-17(22)35-23/h16,18-19,31-32H,8-15H2,1-7H3,(H,27,33)(H,28,29,34). The number of fused-ring (bicyclic) bond motifs is 2. The number of carbonyl (C=O) groups excluding carboxylic acids is 2. The predicted octanol–water partition coefficient (Wildman–Crippen LogP) is 3.00. The minimum Gasteiger partial charge on any atom is -0.396 e. The highest BCUT2D eigenvalue weighted by molar-refractivity contribution is 7.15. The van der Waals surface area contributed by atoms with Crippen LogP contribution in [0.2, 0.25) is 0 Å². The van der Waals surface area contributed by atoms with E-state index in [1.165, 1.54) is 11.3 Å². The number of likely N-dealkylation sites (N-methyl/N-ethyl adjacent to an activating group) is 1. The summed E-state index contributed by atoms with van der Waals surface area (Å²) in [6.07, 6.45) is 2.10. The Morgan fingerprint density at radius 1 is 1.23 bits per heavy atom. The molecule has 1 fully saturated rings. The number of nitrogens with one attached hydrogen (secondary N) is 2. The van der Waals surface area contributed by atoms with E-state index in [0.29, 0.717) is 37.4 Å². The molecule has 2 aliphatic carbocycles. The number of aliphatic hydroxyl groups is 2. The molecule has 0 spiro atoms. The van der Waals surface area contributed by atoms with Gasteiger partial charge < -0.3 is 25.7 Å². The number of hydrogen-bond donors (Lipinski definition) is 4. The lowest BCUT2D eigenvalue weighted by molar-refractivity contribution is -0.144. The van der Waals surface area contributed by atoms with Crippen LogP contribution in [0.4, 0.5) is 5.13 Å². The van der Waals surface area contributed by atoms with Gasteiger partial charge in [0.2, 0.25) is 11.8 Å². The molecule has 1 heterocycles. The molecular weight excluding hydrogens is 464 g/mol. The molecule has 4 N–H and O–H groups in total. The molecule has 3 rings (SSSR count). The molecule has 1 saturated carbocycles. The molecule has 0 bridgehead atoms. The molecule has 1 aromatic rings. The Balaban J connectivity index is 1.94. The predicted molar refractivity (Wildman–Crippen MR) is 139 cm³/mol. The second kappa shape index (κ2) is 10.4. The molecule has 2 amide bonds. The maximum absolute atomic E-state index is 13.0. The Bertz CT molecular complexity index is 927. The van der Waals surface area contributed by atoms with Gasteiger partial charge in [-0.1, -0.05) is 34.6 Å².